The van der Waals surface area contributed by atoms with E-state index in [4.69, 9.17) is 11.0 Å². The van der Waals surface area contributed by atoms with Gasteiger partial charge in [-0.15, -0.1) is 0 Å². The number of aromatic nitrogens is 1. The summed E-state index contributed by atoms with van der Waals surface area (Å²) in [6.07, 6.45) is 16.1. The van der Waals surface area contributed by atoms with Crippen molar-refractivity contribution >= 4 is 65.7 Å². The fourth-order valence-electron chi connectivity index (χ4n) is 14.7. The highest BCUT2D eigenvalue weighted by atomic mass is 16.3. The van der Waals surface area contributed by atoms with E-state index in [1.165, 1.54) is 123 Å². The minimum Gasteiger partial charge on any atom is -0.455 e. The van der Waals surface area contributed by atoms with Gasteiger partial charge in [0, 0.05) is 32.4 Å². The van der Waals surface area contributed by atoms with Gasteiger partial charge in [-0.25, -0.2) is 4.85 Å². The Kier molecular flexibility index (Phi) is 6.98. The van der Waals surface area contributed by atoms with E-state index in [1.807, 2.05) is 0 Å². The van der Waals surface area contributed by atoms with E-state index < -0.39 is 0 Å². The van der Waals surface area contributed by atoms with Gasteiger partial charge in [0.05, 0.1) is 34.6 Å². The van der Waals surface area contributed by atoms with Crippen LogP contribution >= 0.6 is 0 Å². The van der Waals surface area contributed by atoms with Gasteiger partial charge in [0.1, 0.15) is 11.2 Å². The predicted molar refractivity (Wildman–Crippen MR) is 239 cm³/mol. The van der Waals surface area contributed by atoms with Crippen LogP contribution in [0.3, 0.4) is 0 Å². The van der Waals surface area contributed by atoms with Crippen LogP contribution in [-0.4, -0.2) is 4.40 Å². The summed E-state index contributed by atoms with van der Waals surface area (Å²) in [5.74, 6) is 0. The minimum absolute atomic E-state index is 0.00671. The van der Waals surface area contributed by atoms with Crippen LogP contribution in [-0.2, 0) is 21.7 Å². The van der Waals surface area contributed by atoms with E-state index in [1.54, 1.807) is 0 Å². The molecule has 0 amide bonds. The van der Waals surface area contributed by atoms with E-state index in [9.17, 15) is 5.26 Å². The Bertz CT molecular complexity index is 3140. The molecule has 288 valence electrons. The predicted octanol–water partition coefficient (Wildman–Crippen LogP) is 15.4. The monoisotopic (exact) mass is 757 g/mol. The number of benzene rings is 5. The lowest BCUT2D eigenvalue weighted by atomic mass is 9.72. The highest BCUT2D eigenvalue weighted by molar-refractivity contribution is 6.35. The van der Waals surface area contributed by atoms with Gasteiger partial charge >= 0.3 is 0 Å². The second-order valence-corrected chi connectivity index (χ2v) is 19.1. The maximum atomic E-state index is 11.2. The second-order valence-electron chi connectivity index (χ2n) is 19.1. The topological polar surface area (TPSA) is 45.7 Å². The Morgan fingerprint density at radius 2 is 1.29 bits per heavy atom. The minimum atomic E-state index is -0.0307. The lowest BCUT2D eigenvalue weighted by Gasteiger charge is -2.31. The molecule has 0 unspecified atom stereocenters. The molecule has 3 aromatic heterocycles. The van der Waals surface area contributed by atoms with Gasteiger partial charge in [-0.1, -0.05) is 95.8 Å². The molecule has 0 saturated heterocycles. The molecular formula is C54H51N3O. The first kappa shape index (κ1) is 34.7. The van der Waals surface area contributed by atoms with Crippen molar-refractivity contribution in [3.05, 3.63) is 106 Å². The molecule has 4 heteroatoms. The van der Waals surface area contributed by atoms with E-state index in [0.717, 1.165) is 72.0 Å². The molecule has 2 saturated carbocycles. The zero-order valence-electron chi connectivity index (χ0n) is 34.5. The number of nitriles is 1. The van der Waals surface area contributed by atoms with E-state index in [0.29, 0.717) is 0 Å². The highest BCUT2D eigenvalue weighted by Crippen LogP contribution is 2.67. The normalized spacial score (nSPS) is 19.8. The van der Waals surface area contributed by atoms with Gasteiger partial charge in [0.25, 0.3) is 0 Å². The van der Waals surface area contributed by atoms with Crippen molar-refractivity contribution in [3.8, 4) is 17.2 Å². The molecule has 0 atom stereocenters. The maximum Gasteiger partial charge on any atom is 0.193 e. The van der Waals surface area contributed by atoms with Crippen molar-refractivity contribution in [3.63, 3.8) is 0 Å². The molecule has 0 aliphatic heterocycles. The lowest BCUT2D eigenvalue weighted by molar-refractivity contribution is 0.302. The quantitative estimate of drug-likeness (QED) is 0.164. The van der Waals surface area contributed by atoms with Gasteiger partial charge in [0.2, 0.25) is 0 Å². The van der Waals surface area contributed by atoms with Crippen molar-refractivity contribution < 1.29 is 4.42 Å². The first-order valence-electron chi connectivity index (χ1n) is 22.5. The number of nitrogens with zero attached hydrogens (tertiary/aromatic N) is 3. The fourth-order valence-corrected chi connectivity index (χ4v) is 14.7. The van der Waals surface area contributed by atoms with Crippen molar-refractivity contribution in [1.82, 2.24) is 4.40 Å². The van der Waals surface area contributed by atoms with Crippen LogP contribution in [0.4, 0.5) is 5.69 Å². The van der Waals surface area contributed by atoms with Gasteiger partial charge in [-0.05, 0) is 144 Å². The average Bonchev–Trinajstić information content (AvgIpc) is 4.14. The van der Waals surface area contributed by atoms with Crippen molar-refractivity contribution in [2.45, 2.75) is 139 Å². The third-order valence-corrected chi connectivity index (χ3v) is 17.2. The van der Waals surface area contributed by atoms with Gasteiger partial charge < -0.3 is 8.82 Å². The van der Waals surface area contributed by atoms with Crippen LogP contribution in [0.5, 0.6) is 0 Å². The molecule has 4 nitrogen and oxygen atoms in total. The first-order chi connectivity index (χ1) is 28.4. The molecule has 0 N–H and O–H groups in total. The van der Waals surface area contributed by atoms with Crippen LogP contribution in [0.1, 0.15) is 145 Å². The van der Waals surface area contributed by atoms with Crippen LogP contribution in [0.2, 0.25) is 0 Å². The van der Waals surface area contributed by atoms with Crippen molar-refractivity contribution in [2.75, 3.05) is 0 Å². The first-order valence-corrected chi connectivity index (χ1v) is 22.5. The third-order valence-electron chi connectivity index (χ3n) is 17.2. The molecule has 2 fully saturated rings. The molecule has 0 radical (unpaired) electrons. The van der Waals surface area contributed by atoms with Gasteiger partial charge in [0.15, 0.2) is 5.69 Å². The SMILES string of the molecule is [C-]#[N+]c1cc2c(c3c1C(CC)(CC)CC31CCCC1)c1cc3c(oc4cccc(-c5ccccc5)c43)c3c4c5c(c(C#N)cc4n2c13)C(CC)(CC)CC51CCCC1. The molecule has 4 aliphatic rings. The molecule has 5 aromatic carbocycles. The van der Waals surface area contributed by atoms with Crippen molar-refractivity contribution in [2.24, 2.45) is 0 Å². The molecule has 2 spiro atoms. The molecular weight excluding hydrogens is 707 g/mol. The molecule has 3 heterocycles. The van der Waals surface area contributed by atoms with E-state index >= 15 is 0 Å². The number of hydrogen-bond acceptors (Lipinski definition) is 2. The summed E-state index contributed by atoms with van der Waals surface area (Å²) in [4.78, 5) is 4.44. The Morgan fingerprint density at radius 1 is 0.672 bits per heavy atom. The maximum absolute atomic E-state index is 11.2. The summed E-state index contributed by atoms with van der Waals surface area (Å²) in [5, 5.41) is 18.7. The molecule has 12 rings (SSSR count). The number of rotatable bonds is 5. The summed E-state index contributed by atoms with van der Waals surface area (Å²) >= 11 is 0. The molecule has 58 heavy (non-hydrogen) atoms. The largest absolute Gasteiger partial charge is 0.455 e. The Labute approximate surface area is 341 Å². The summed E-state index contributed by atoms with van der Waals surface area (Å²) in [7, 11) is 0. The lowest BCUT2D eigenvalue weighted by Crippen LogP contribution is -2.26. The zero-order chi connectivity index (χ0) is 39.3. The number of fused-ring (bicyclic) bond motifs is 16. The highest BCUT2D eigenvalue weighted by Gasteiger charge is 2.56. The Balaban J connectivity index is 1.38. The number of hydrogen-bond donors (Lipinski definition) is 0. The molecule has 8 aromatic rings. The molecule has 0 bridgehead atoms. The zero-order valence-corrected chi connectivity index (χ0v) is 34.5. The summed E-state index contributed by atoms with van der Waals surface area (Å²) in [5.41, 5.74) is 15.1. The Hall–Kier alpha value is -5.32. The standard InChI is InChI=1S/C54H51N3O/c1-6-51(7-2)30-54(24-15-16-25-54)48-43-38(26-33(29-55)45(48)51)57-39-28-37(56-5)46-47(53(22-13-14-23-53)31-52(46,8-3)9-4)42(39)35-27-36-41-34(32-18-11-10-12-19-32)20-17-21-40(41)58-50(36)44(43)49(35)57/h10-12,17-21,26-28H,6-9,13-16,22-25,30-31H2,1-4H3. The molecule has 4 aliphatic carbocycles. The summed E-state index contributed by atoms with van der Waals surface area (Å²) in [6.45, 7) is 18.2. The fraction of sp³-hybridized carbons (Fsp3) is 0.407. The van der Waals surface area contributed by atoms with Crippen LogP contribution in [0, 0.1) is 17.9 Å². The smallest absolute Gasteiger partial charge is 0.193 e. The van der Waals surface area contributed by atoms with Crippen LogP contribution in [0.25, 0.3) is 76.0 Å². The van der Waals surface area contributed by atoms with Crippen LogP contribution in [0.15, 0.2) is 71.1 Å². The number of furan rings is 1. The Morgan fingerprint density at radius 3 is 1.91 bits per heavy atom. The third kappa shape index (κ3) is 3.92. The van der Waals surface area contributed by atoms with Gasteiger partial charge in [-0.2, -0.15) is 5.26 Å². The van der Waals surface area contributed by atoms with Gasteiger partial charge in [-0.3, -0.25) is 0 Å². The van der Waals surface area contributed by atoms with E-state index in [2.05, 4.69) is 110 Å². The average molecular weight is 758 g/mol. The second kappa shape index (κ2) is 11.7. The van der Waals surface area contributed by atoms with Crippen molar-refractivity contribution in [1.29, 1.82) is 5.26 Å². The van der Waals surface area contributed by atoms with Crippen LogP contribution < -0.4 is 0 Å². The summed E-state index contributed by atoms with van der Waals surface area (Å²) in [6, 6.07) is 27.2. The summed E-state index contributed by atoms with van der Waals surface area (Å²) < 4.78 is 9.80. The van der Waals surface area contributed by atoms with E-state index in [-0.39, 0.29) is 21.7 Å².